The molecule has 0 saturated heterocycles. The summed E-state index contributed by atoms with van der Waals surface area (Å²) in [5.74, 6) is 0.256. The maximum atomic E-state index is 9.33. The maximum Gasteiger partial charge on any atom is 0.129 e. The summed E-state index contributed by atoms with van der Waals surface area (Å²) in [4.78, 5) is 0. The van der Waals surface area contributed by atoms with Gasteiger partial charge < -0.3 is 20.3 Å². The summed E-state index contributed by atoms with van der Waals surface area (Å²) in [6.45, 7) is 2.77. The molecule has 0 heterocycles. The average Bonchev–Trinajstić information content (AvgIpc) is 2.32. The van der Waals surface area contributed by atoms with Crippen LogP contribution in [-0.4, -0.2) is 36.6 Å². The van der Waals surface area contributed by atoms with Gasteiger partial charge in [0.15, 0.2) is 0 Å². The Bertz CT molecular complexity index is 334. The van der Waals surface area contributed by atoms with E-state index < -0.39 is 0 Å². The Morgan fingerprint density at radius 3 is 2.82 bits per heavy atom. The quantitative estimate of drug-likeness (QED) is 0.639. The number of hydrogen-bond acceptors (Lipinski definition) is 4. The molecular formula is C12H18BrNO3. The molecule has 1 aromatic rings. The van der Waals surface area contributed by atoms with Crippen molar-refractivity contribution in [3.05, 3.63) is 28.2 Å². The molecule has 3 N–H and O–H groups in total. The van der Waals surface area contributed by atoms with Crippen LogP contribution in [0.1, 0.15) is 12.0 Å². The van der Waals surface area contributed by atoms with E-state index in [4.69, 9.17) is 9.84 Å². The number of ether oxygens (including phenoxy) is 1. The van der Waals surface area contributed by atoms with E-state index in [1.165, 1.54) is 0 Å². The molecule has 0 atom stereocenters. The van der Waals surface area contributed by atoms with Gasteiger partial charge in [0.2, 0.25) is 0 Å². The molecule has 0 aliphatic carbocycles. The second-order valence-corrected chi connectivity index (χ2v) is 4.51. The van der Waals surface area contributed by atoms with Gasteiger partial charge in [0.1, 0.15) is 5.75 Å². The van der Waals surface area contributed by atoms with Crippen molar-refractivity contribution in [3.8, 4) is 5.75 Å². The molecule has 0 fully saturated rings. The summed E-state index contributed by atoms with van der Waals surface area (Å²) >= 11 is 3.28. The van der Waals surface area contributed by atoms with Crippen molar-refractivity contribution in [1.82, 2.24) is 5.32 Å². The van der Waals surface area contributed by atoms with Crippen LogP contribution < -0.4 is 5.32 Å². The Kier molecular flexibility index (Phi) is 7.19. The zero-order chi connectivity index (χ0) is 12.5. The number of phenols is 1. The number of rotatable bonds is 8. The Morgan fingerprint density at radius 2 is 2.12 bits per heavy atom. The Labute approximate surface area is 110 Å². The third kappa shape index (κ3) is 6.02. The molecule has 96 valence electrons. The summed E-state index contributed by atoms with van der Waals surface area (Å²) in [6, 6.07) is 5.45. The SMILES string of the molecule is OCCOCCCNCc1ccc(O)c(Br)c1. The second-order valence-electron chi connectivity index (χ2n) is 3.65. The molecule has 0 saturated carbocycles. The Morgan fingerprint density at radius 1 is 1.29 bits per heavy atom. The summed E-state index contributed by atoms with van der Waals surface area (Å²) in [5.41, 5.74) is 1.12. The third-order valence-electron chi connectivity index (χ3n) is 2.22. The van der Waals surface area contributed by atoms with Crippen LogP contribution in [0.25, 0.3) is 0 Å². The first-order chi connectivity index (χ1) is 8.24. The second kappa shape index (κ2) is 8.47. The molecule has 0 radical (unpaired) electrons. The van der Waals surface area contributed by atoms with Gasteiger partial charge in [-0.05, 0) is 46.6 Å². The monoisotopic (exact) mass is 303 g/mol. The van der Waals surface area contributed by atoms with Crippen molar-refractivity contribution in [1.29, 1.82) is 0 Å². The zero-order valence-electron chi connectivity index (χ0n) is 9.66. The molecule has 1 aromatic carbocycles. The number of nitrogens with one attached hydrogen (secondary N) is 1. The molecule has 4 nitrogen and oxygen atoms in total. The van der Waals surface area contributed by atoms with E-state index in [9.17, 15) is 5.11 Å². The number of halogens is 1. The minimum Gasteiger partial charge on any atom is -0.507 e. The van der Waals surface area contributed by atoms with Crippen LogP contribution in [0, 0.1) is 0 Å². The van der Waals surface area contributed by atoms with Gasteiger partial charge in [-0.1, -0.05) is 6.07 Å². The molecule has 17 heavy (non-hydrogen) atoms. The largest absolute Gasteiger partial charge is 0.507 e. The van der Waals surface area contributed by atoms with Crippen LogP contribution in [0.5, 0.6) is 5.75 Å². The highest BCUT2D eigenvalue weighted by molar-refractivity contribution is 9.10. The minimum absolute atomic E-state index is 0.0783. The molecule has 0 spiro atoms. The number of phenolic OH excluding ortho intramolecular Hbond substituents is 1. The van der Waals surface area contributed by atoms with Gasteiger partial charge in [-0.2, -0.15) is 0 Å². The molecule has 5 heteroatoms. The lowest BCUT2D eigenvalue weighted by molar-refractivity contribution is 0.0907. The van der Waals surface area contributed by atoms with Crippen LogP contribution in [0.15, 0.2) is 22.7 Å². The normalized spacial score (nSPS) is 10.7. The van der Waals surface area contributed by atoms with E-state index >= 15 is 0 Å². The first-order valence-corrected chi connectivity index (χ1v) is 6.40. The van der Waals surface area contributed by atoms with Gasteiger partial charge in [0.05, 0.1) is 17.7 Å². The number of aliphatic hydroxyl groups is 1. The molecule has 0 unspecified atom stereocenters. The molecule has 0 amide bonds. The highest BCUT2D eigenvalue weighted by atomic mass is 79.9. The number of hydrogen-bond donors (Lipinski definition) is 3. The third-order valence-corrected chi connectivity index (χ3v) is 2.85. The van der Waals surface area contributed by atoms with E-state index in [0.29, 0.717) is 17.7 Å². The summed E-state index contributed by atoms with van der Waals surface area (Å²) in [6.07, 6.45) is 0.916. The molecule has 0 aliphatic rings. The molecule has 0 bridgehead atoms. The predicted molar refractivity (Wildman–Crippen MR) is 70.0 cm³/mol. The van der Waals surface area contributed by atoms with Gasteiger partial charge in [-0.25, -0.2) is 0 Å². The van der Waals surface area contributed by atoms with Crippen LogP contribution in [-0.2, 0) is 11.3 Å². The van der Waals surface area contributed by atoms with Crippen molar-refractivity contribution >= 4 is 15.9 Å². The molecule has 1 rings (SSSR count). The summed E-state index contributed by atoms with van der Waals surface area (Å²) in [5, 5.41) is 21.1. The fraction of sp³-hybridized carbons (Fsp3) is 0.500. The molecular weight excluding hydrogens is 286 g/mol. The standard InChI is InChI=1S/C12H18BrNO3/c13-11-8-10(2-3-12(11)16)9-14-4-1-6-17-7-5-15/h2-3,8,14-16H,1,4-7,9H2. The highest BCUT2D eigenvalue weighted by Crippen LogP contribution is 2.23. The van der Waals surface area contributed by atoms with Crippen molar-refractivity contribution in [2.75, 3.05) is 26.4 Å². The minimum atomic E-state index is 0.0783. The first kappa shape index (κ1) is 14.4. The van der Waals surface area contributed by atoms with E-state index in [2.05, 4.69) is 21.2 Å². The zero-order valence-corrected chi connectivity index (χ0v) is 11.2. The highest BCUT2D eigenvalue weighted by Gasteiger charge is 1.99. The van der Waals surface area contributed by atoms with Gasteiger partial charge in [0.25, 0.3) is 0 Å². The van der Waals surface area contributed by atoms with Crippen LogP contribution >= 0.6 is 15.9 Å². The van der Waals surface area contributed by atoms with Crippen molar-refractivity contribution in [3.63, 3.8) is 0 Å². The smallest absolute Gasteiger partial charge is 0.129 e. The van der Waals surface area contributed by atoms with E-state index in [1.807, 2.05) is 12.1 Å². The topological polar surface area (TPSA) is 61.7 Å². The van der Waals surface area contributed by atoms with Crippen LogP contribution in [0.4, 0.5) is 0 Å². The Balaban J connectivity index is 2.11. The Hall–Kier alpha value is -0.620. The van der Waals surface area contributed by atoms with Crippen molar-refractivity contribution in [2.24, 2.45) is 0 Å². The molecule has 0 aromatic heterocycles. The first-order valence-electron chi connectivity index (χ1n) is 5.60. The van der Waals surface area contributed by atoms with Crippen molar-refractivity contribution < 1.29 is 14.9 Å². The average molecular weight is 304 g/mol. The fourth-order valence-electron chi connectivity index (χ4n) is 1.36. The van der Waals surface area contributed by atoms with Gasteiger partial charge in [-0.3, -0.25) is 0 Å². The molecule has 0 aliphatic heterocycles. The lowest BCUT2D eigenvalue weighted by Crippen LogP contribution is -2.16. The number of benzene rings is 1. The van der Waals surface area contributed by atoms with E-state index in [1.54, 1.807) is 6.07 Å². The van der Waals surface area contributed by atoms with Crippen LogP contribution in [0.2, 0.25) is 0 Å². The van der Waals surface area contributed by atoms with E-state index in [0.717, 1.165) is 25.1 Å². The van der Waals surface area contributed by atoms with Gasteiger partial charge >= 0.3 is 0 Å². The van der Waals surface area contributed by atoms with Gasteiger partial charge in [0, 0.05) is 13.2 Å². The number of aromatic hydroxyl groups is 1. The number of aliphatic hydroxyl groups excluding tert-OH is 1. The summed E-state index contributed by atoms with van der Waals surface area (Å²) < 4.78 is 5.85. The van der Waals surface area contributed by atoms with Crippen molar-refractivity contribution in [2.45, 2.75) is 13.0 Å². The maximum absolute atomic E-state index is 9.33. The van der Waals surface area contributed by atoms with Crippen LogP contribution in [0.3, 0.4) is 0 Å². The van der Waals surface area contributed by atoms with Gasteiger partial charge in [-0.15, -0.1) is 0 Å². The lowest BCUT2D eigenvalue weighted by Gasteiger charge is -2.06. The lowest BCUT2D eigenvalue weighted by atomic mass is 10.2. The fourth-order valence-corrected chi connectivity index (χ4v) is 1.79. The summed E-state index contributed by atoms with van der Waals surface area (Å²) in [7, 11) is 0. The predicted octanol–water partition coefficient (Wildman–Crippen LogP) is 1.64. The van der Waals surface area contributed by atoms with E-state index in [-0.39, 0.29) is 12.4 Å².